The van der Waals surface area contributed by atoms with Gasteiger partial charge in [-0.15, -0.1) is 0 Å². The van der Waals surface area contributed by atoms with Crippen molar-refractivity contribution in [3.8, 4) is 11.3 Å². The Labute approximate surface area is 260 Å². The van der Waals surface area contributed by atoms with Gasteiger partial charge < -0.3 is 14.2 Å². The summed E-state index contributed by atoms with van der Waals surface area (Å²) < 4.78 is 7.78. The fraction of sp³-hybridized carbons (Fsp3) is 0.237. The van der Waals surface area contributed by atoms with Crippen LogP contribution in [0.4, 0.5) is 0 Å². The van der Waals surface area contributed by atoms with Crippen molar-refractivity contribution in [2.45, 2.75) is 39.8 Å². The van der Waals surface area contributed by atoms with E-state index in [1.165, 1.54) is 0 Å². The van der Waals surface area contributed by atoms with Crippen LogP contribution in [0, 0.1) is 5.41 Å². The summed E-state index contributed by atoms with van der Waals surface area (Å²) in [6, 6.07) is 38.3. The number of aromatic nitrogens is 2. The maximum atomic E-state index is 14.3. The molecule has 224 valence electrons. The summed E-state index contributed by atoms with van der Waals surface area (Å²) >= 11 is 0. The van der Waals surface area contributed by atoms with E-state index in [-0.39, 0.29) is 29.9 Å². The van der Waals surface area contributed by atoms with Crippen LogP contribution >= 0.6 is 0 Å². The van der Waals surface area contributed by atoms with Crippen molar-refractivity contribution in [3.63, 3.8) is 0 Å². The molecule has 0 saturated carbocycles. The number of imidazole rings is 1. The van der Waals surface area contributed by atoms with Crippen LogP contribution in [-0.2, 0) is 11.3 Å². The minimum Gasteiger partial charge on any atom is -0.462 e. The summed E-state index contributed by atoms with van der Waals surface area (Å²) in [5.41, 5.74) is 3.75. The minimum atomic E-state index is -0.376. The minimum absolute atomic E-state index is 0.0876. The van der Waals surface area contributed by atoms with Gasteiger partial charge in [-0.3, -0.25) is 4.79 Å². The largest absolute Gasteiger partial charge is 0.462 e. The molecule has 0 aliphatic carbocycles. The van der Waals surface area contributed by atoms with Crippen LogP contribution in [0.2, 0.25) is 0 Å². The normalized spacial score (nSPS) is 12.0. The first-order valence-corrected chi connectivity index (χ1v) is 15.1. The van der Waals surface area contributed by atoms with E-state index in [0.717, 1.165) is 22.6 Å². The van der Waals surface area contributed by atoms with Gasteiger partial charge in [-0.25, -0.2) is 9.78 Å². The van der Waals surface area contributed by atoms with Gasteiger partial charge in [-0.05, 0) is 41.7 Å². The van der Waals surface area contributed by atoms with E-state index >= 15 is 0 Å². The molecular formula is C38H39N3O3. The van der Waals surface area contributed by atoms with Crippen LogP contribution in [0.15, 0.2) is 128 Å². The zero-order chi connectivity index (χ0) is 30.9. The second-order valence-electron chi connectivity index (χ2n) is 12.0. The zero-order valence-electron chi connectivity index (χ0n) is 25.6. The number of hydrogen-bond donors (Lipinski definition) is 0. The van der Waals surface area contributed by atoms with Crippen molar-refractivity contribution in [3.05, 3.63) is 150 Å². The fourth-order valence-corrected chi connectivity index (χ4v) is 5.45. The molecule has 0 aliphatic rings. The molecule has 0 saturated heterocycles. The molecule has 1 amide bonds. The lowest BCUT2D eigenvalue weighted by molar-refractivity contribution is 0.0391. The second kappa shape index (κ2) is 14.0. The first-order valence-electron chi connectivity index (χ1n) is 15.1. The van der Waals surface area contributed by atoms with E-state index in [1.807, 2.05) is 89.8 Å². The molecule has 0 aliphatic heterocycles. The highest BCUT2D eigenvalue weighted by molar-refractivity contribution is 5.94. The monoisotopic (exact) mass is 585 g/mol. The maximum Gasteiger partial charge on any atom is 0.338 e. The lowest BCUT2D eigenvalue weighted by atomic mass is 9.84. The molecule has 44 heavy (non-hydrogen) atoms. The van der Waals surface area contributed by atoms with Crippen molar-refractivity contribution in [1.82, 2.24) is 14.5 Å². The number of rotatable bonds is 11. The fourth-order valence-electron chi connectivity index (χ4n) is 5.45. The van der Waals surface area contributed by atoms with Crippen molar-refractivity contribution < 1.29 is 14.3 Å². The molecule has 5 aromatic rings. The molecule has 6 heteroatoms. The number of nitrogens with zero attached hydrogens (tertiary/aromatic N) is 3. The number of amides is 1. The summed E-state index contributed by atoms with van der Waals surface area (Å²) in [4.78, 5) is 34.0. The van der Waals surface area contributed by atoms with E-state index in [9.17, 15) is 9.59 Å². The molecule has 0 bridgehead atoms. The average molecular weight is 586 g/mol. The van der Waals surface area contributed by atoms with Gasteiger partial charge in [0, 0.05) is 30.4 Å². The Morgan fingerprint density at radius 2 is 1.32 bits per heavy atom. The Kier molecular flexibility index (Phi) is 9.70. The predicted octanol–water partition coefficient (Wildman–Crippen LogP) is 8.08. The number of carbonyl (C=O) groups excluding carboxylic acids is 2. The summed E-state index contributed by atoms with van der Waals surface area (Å²) in [7, 11) is 0. The molecule has 1 heterocycles. The van der Waals surface area contributed by atoms with Gasteiger partial charge in [0.2, 0.25) is 0 Å². The molecule has 0 spiro atoms. The lowest BCUT2D eigenvalue weighted by Crippen LogP contribution is -2.43. The van der Waals surface area contributed by atoms with Crippen LogP contribution < -0.4 is 0 Å². The first kappa shape index (κ1) is 30.5. The highest BCUT2D eigenvalue weighted by atomic mass is 16.5. The zero-order valence-corrected chi connectivity index (χ0v) is 25.6. The van der Waals surface area contributed by atoms with Crippen LogP contribution in [0.5, 0.6) is 0 Å². The lowest BCUT2D eigenvalue weighted by Gasteiger charge is -2.40. The smallest absolute Gasteiger partial charge is 0.338 e. The number of benzene rings is 4. The number of esters is 1. The molecule has 0 unspecified atom stereocenters. The predicted molar refractivity (Wildman–Crippen MR) is 174 cm³/mol. The van der Waals surface area contributed by atoms with Gasteiger partial charge in [0.25, 0.3) is 5.91 Å². The van der Waals surface area contributed by atoms with Crippen LogP contribution in [0.25, 0.3) is 11.3 Å². The van der Waals surface area contributed by atoms with Crippen LogP contribution in [0.1, 0.15) is 65.3 Å². The van der Waals surface area contributed by atoms with Gasteiger partial charge >= 0.3 is 5.97 Å². The van der Waals surface area contributed by atoms with Crippen molar-refractivity contribution in [2.75, 3.05) is 13.2 Å². The second-order valence-corrected chi connectivity index (χ2v) is 12.0. The quantitative estimate of drug-likeness (QED) is 0.116. The molecule has 0 fully saturated rings. The average Bonchev–Trinajstić information content (AvgIpc) is 3.45. The number of carbonyl (C=O) groups is 2. The topological polar surface area (TPSA) is 64.4 Å². The molecule has 1 atom stereocenters. The van der Waals surface area contributed by atoms with Crippen molar-refractivity contribution in [2.24, 2.45) is 5.41 Å². The summed E-state index contributed by atoms with van der Waals surface area (Å²) in [5, 5.41) is 0. The molecule has 0 N–H and O–H groups in total. The van der Waals surface area contributed by atoms with E-state index in [1.54, 1.807) is 12.1 Å². The van der Waals surface area contributed by atoms with Gasteiger partial charge in [0.1, 0.15) is 5.82 Å². The van der Waals surface area contributed by atoms with E-state index in [4.69, 9.17) is 9.72 Å². The molecule has 6 nitrogen and oxygen atoms in total. The van der Waals surface area contributed by atoms with Gasteiger partial charge in [-0.2, -0.15) is 0 Å². The van der Waals surface area contributed by atoms with Gasteiger partial charge in [0.05, 0.1) is 23.9 Å². The summed E-state index contributed by atoms with van der Waals surface area (Å²) in [5.74, 6) is 0.353. The number of hydrogen-bond acceptors (Lipinski definition) is 4. The van der Waals surface area contributed by atoms with E-state index in [2.05, 4.69) is 55.8 Å². The van der Waals surface area contributed by atoms with Crippen LogP contribution in [0.3, 0.4) is 0 Å². The third-order valence-corrected chi connectivity index (χ3v) is 7.52. The highest BCUT2D eigenvalue weighted by Gasteiger charge is 2.38. The standard InChI is InChI=1S/C38H39N3O3/c1-38(2,3)34(35-39-33(30-19-10-5-11-20-30)28-40(35)27-29-17-8-4-9-18-29)41(36(42)31-21-12-6-13-22-31)25-16-26-44-37(43)32-23-14-7-15-24-32/h4-15,17-24,28,34H,16,25-27H2,1-3H3/t34-/m0/s1. The summed E-state index contributed by atoms with van der Waals surface area (Å²) in [6.07, 6.45) is 2.57. The third-order valence-electron chi connectivity index (χ3n) is 7.52. The van der Waals surface area contributed by atoms with Crippen LogP contribution in [-0.4, -0.2) is 39.5 Å². The Morgan fingerprint density at radius 1 is 0.773 bits per heavy atom. The van der Waals surface area contributed by atoms with Gasteiger partial charge in [-0.1, -0.05) is 118 Å². The molecule has 0 radical (unpaired) electrons. The highest BCUT2D eigenvalue weighted by Crippen LogP contribution is 2.40. The third kappa shape index (κ3) is 7.51. The Balaban J connectivity index is 1.51. The molecular weight excluding hydrogens is 546 g/mol. The molecule has 4 aromatic carbocycles. The summed E-state index contributed by atoms with van der Waals surface area (Å²) in [6.45, 7) is 7.62. The van der Waals surface area contributed by atoms with Crippen molar-refractivity contribution >= 4 is 11.9 Å². The molecule has 5 rings (SSSR count). The van der Waals surface area contributed by atoms with E-state index < -0.39 is 0 Å². The first-order chi connectivity index (χ1) is 21.3. The van der Waals surface area contributed by atoms with Gasteiger partial charge in [0.15, 0.2) is 0 Å². The van der Waals surface area contributed by atoms with E-state index in [0.29, 0.717) is 30.6 Å². The molecule has 1 aromatic heterocycles. The Bertz CT molecular complexity index is 1640. The Morgan fingerprint density at radius 3 is 1.91 bits per heavy atom. The number of ether oxygens (including phenoxy) is 1. The SMILES string of the molecule is CC(C)(C)[C@H](c1nc(-c2ccccc2)cn1Cc1ccccc1)N(CCCOC(=O)c1ccccc1)C(=O)c1ccccc1. The van der Waals surface area contributed by atoms with Crippen molar-refractivity contribution in [1.29, 1.82) is 0 Å². The Hall–Kier alpha value is -4.97. The maximum absolute atomic E-state index is 14.3.